The minimum absolute atomic E-state index is 0.0677. The van der Waals surface area contributed by atoms with Crippen molar-refractivity contribution in [3.8, 4) is 5.75 Å². The molecule has 0 saturated carbocycles. The monoisotopic (exact) mass is 246 g/mol. The molecule has 0 aliphatic carbocycles. The van der Waals surface area contributed by atoms with E-state index in [0.717, 1.165) is 0 Å². The Morgan fingerprint density at radius 1 is 1.44 bits per heavy atom. The van der Waals surface area contributed by atoms with E-state index in [1.807, 2.05) is 0 Å². The topological polar surface area (TPSA) is 82.3 Å². The van der Waals surface area contributed by atoms with Gasteiger partial charge in [0.15, 0.2) is 11.3 Å². The van der Waals surface area contributed by atoms with Crippen molar-refractivity contribution < 1.29 is 14.5 Å². The van der Waals surface area contributed by atoms with Crippen LogP contribution in [0.15, 0.2) is 30.5 Å². The summed E-state index contributed by atoms with van der Waals surface area (Å²) >= 11 is 0. The molecule has 0 amide bonds. The van der Waals surface area contributed by atoms with Crippen LogP contribution < -0.4 is 4.74 Å². The van der Waals surface area contributed by atoms with Crippen molar-refractivity contribution in [2.24, 2.45) is 0 Å². The molecule has 1 heterocycles. The number of hydrogen-bond acceptors (Lipinski definition) is 5. The Morgan fingerprint density at radius 3 is 2.89 bits per heavy atom. The Balaban J connectivity index is 2.53. The molecule has 0 spiro atoms. The summed E-state index contributed by atoms with van der Waals surface area (Å²) in [7, 11) is 0. The number of ketones is 1. The molecule has 0 bridgehead atoms. The number of carbonyl (C=O) groups excluding carboxylic acids is 1. The Bertz CT molecular complexity index is 625. The van der Waals surface area contributed by atoms with E-state index in [2.05, 4.69) is 4.98 Å². The van der Waals surface area contributed by atoms with Crippen LogP contribution in [0, 0.1) is 10.1 Å². The fraction of sp³-hybridized carbons (Fsp3) is 0.167. The summed E-state index contributed by atoms with van der Waals surface area (Å²) in [6.07, 6.45) is 1.48. The van der Waals surface area contributed by atoms with E-state index in [0.29, 0.717) is 11.1 Å². The number of non-ortho nitro benzene ring substituents is 1. The predicted octanol–water partition coefficient (Wildman–Crippen LogP) is 2.11. The standard InChI is InChI=1S/C12H10N2O4/c1-8(15)7-18-11-5-4-10(14(16)17)12-9(11)3-2-6-13-12/h2-6H,7H2,1H3. The predicted molar refractivity (Wildman–Crippen MR) is 64.6 cm³/mol. The lowest BCUT2D eigenvalue weighted by Crippen LogP contribution is -2.07. The summed E-state index contributed by atoms with van der Waals surface area (Å²) in [4.78, 5) is 25.2. The largest absolute Gasteiger partial charge is 0.485 e. The number of fused-ring (bicyclic) bond motifs is 1. The number of nitro groups is 1. The van der Waals surface area contributed by atoms with E-state index >= 15 is 0 Å². The average Bonchev–Trinajstić information content (AvgIpc) is 2.35. The molecule has 0 saturated heterocycles. The number of pyridine rings is 1. The fourth-order valence-corrected chi connectivity index (χ4v) is 1.58. The van der Waals surface area contributed by atoms with Crippen LogP contribution in [0.25, 0.3) is 10.9 Å². The van der Waals surface area contributed by atoms with Crippen molar-refractivity contribution in [3.63, 3.8) is 0 Å². The van der Waals surface area contributed by atoms with Gasteiger partial charge in [-0.2, -0.15) is 0 Å². The highest BCUT2D eigenvalue weighted by molar-refractivity contribution is 5.92. The van der Waals surface area contributed by atoms with Gasteiger partial charge in [-0.1, -0.05) is 0 Å². The van der Waals surface area contributed by atoms with E-state index < -0.39 is 4.92 Å². The number of Topliss-reactive ketones (excluding diaryl/α,β-unsaturated/α-hetero) is 1. The molecule has 0 unspecified atom stereocenters. The minimum atomic E-state index is -0.496. The number of ether oxygens (including phenoxy) is 1. The molecule has 0 radical (unpaired) electrons. The summed E-state index contributed by atoms with van der Waals surface area (Å²) in [5.74, 6) is 0.296. The molecule has 0 fully saturated rings. The maximum Gasteiger partial charge on any atom is 0.295 e. The molecule has 0 aliphatic heterocycles. The van der Waals surface area contributed by atoms with Gasteiger partial charge in [-0.15, -0.1) is 0 Å². The zero-order chi connectivity index (χ0) is 13.1. The van der Waals surface area contributed by atoms with Gasteiger partial charge in [-0.05, 0) is 25.1 Å². The first kappa shape index (κ1) is 12.0. The summed E-state index contributed by atoms with van der Waals surface area (Å²) in [5, 5.41) is 11.4. The van der Waals surface area contributed by atoms with Gasteiger partial charge in [0, 0.05) is 17.6 Å². The number of hydrogen-bond donors (Lipinski definition) is 0. The van der Waals surface area contributed by atoms with Crippen molar-refractivity contribution in [2.75, 3.05) is 6.61 Å². The van der Waals surface area contributed by atoms with Gasteiger partial charge in [-0.3, -0.25) is 14.9 Å². The maximum absolute atomic E-state index is 10.9. The van der Waals surface area contributed by atoms with Gasteiger partial charge in [0.25, 0.3) is 5.69 Å². The van der Waals surface area contributed by atoms with Gasteiger partial charge in [0.1, 0.15) is 12.4 Å². The van der Waals surface area contributed by atoms with Crippen molar-refractivity contribution in [2.45, 2.75) is 6.92 Å². The molecule has 0 N–H and O–H groups in total. The van der Waals surface area contributed by atoms with Crippen molar-refractivity contribution in [1.82, 2.24) is 4.98 Å². The van der Waals surface area contributed by atoms with E-state index in [1.165, 1.54) is 25.3 Å². The molecule has 0 atom stereocenters. The van der Waals surface area contributed by atoms with Crippen molar-refractivity contribution in [3.05, 3.63) is 40.6 Å². The lowest BCUT2D eigenvalue weighted by molar-refractivity contribution is -0.383. The van der Waals surface area contributed by atoms with Crippen LogP contribution in [0.2, 0.25) is 0 Å². The summed E-state index contributed by atoms with van der Waals surface area (Å²) in [6.45, 7) is 1.34. The zero-order valence-corrected chi connectivity index (χ0v) is 9.62. The number of nitro benzene ring substituents is 1. The SMILES string of the molecule is CC(=O)COc1ccc([N+](=O)[O-])c2ncccc12. The second-order valence-corrected chi connectivity index (χ2v) is 3.73. The van der Waals surface area contributed by atoms with Gasteiger partial charge < -0.3 is 4.74 Å². The first-order chi connectivity index (χ1) is 8.59. The van der Waals surface area contributed by atoms with Crippen LogP contribution in [0.1, 0.15) is 6.92 Å². The van der Waals surface area contributed by atoms with Crippen LogP contribution in [0.5, 0.6) is 5.75 Å². The molecule has 92 valence electrons. The minimum Gasteiger partial charge on any atom is -0.485 e. The molecule has 0 aliphatic rings. The summed E-state index contributed by atoms with van der Waals surface area (Å²) in [6, 6.07) is 6.13. The summed E-state index contributed by atoms with van der Waals surface area (Å²) < 4.78 is 5.30. The van der Waals surface area contributed by atoms with E-state index in [4.69, 9.17) is 4.74 Å². The van der Waals surface area contributed by atoms with E-state index in [-0.39, 0.29) is 23.6 Å². The molecular formula is C12H10N2O4. The van der Waals surface area contributed by atoms with Gasteiger partial charge >= 0.3 is 0 Å². The molecule has 2 aromatic rings. The van der Waals surface area contributed by atoms with Crippen LogP contribution in [-0.2, 0) is 4.79 Å². The van der Waals surface area contributed by atoms with E-state index in [9.17, 15) is 14.9 Å². The molecular weight excluding hydrogens is 236 g/mol. The molecule has 2 rings (SSSR count). The van der Waals surface area contributed by atoms with Crippen molar-refractivity contribution in [1.29, 1.82) is 0 Å². The highest BCUT2D eigenvalue weighted by atomic mass is 16.6. The maximum atomic E-state index is 10.9. The third-order valence-corrected chi connectivity index (χ3v) is 2.34. The summed E-state index contributed by atoms with van der Waals surface area (Å²) in [5.41, 5.74) is 0.171. The molecule has 6 heteroatoms. The Morgan fingerprint density at radius 2 is 2.22 bits per heavy atom. The quantitative estimate of drug-likeness (QED) is 0.609. The average molecular weight is 246 g/mol. The first-order valence-corrected chi connectivity index (χ1v) is 5.24. The highest BCUT2D eigenvalue weighted by Gasteiger charge is 2.16. The third kappa shape index (κ3) is 2.27. The molecule has 1 aromatic heterocycles. The smallest absolute Gasteiger partial charge is 0.295 e. The number of nitrogens with zero attached hydrogens (tertiary/aromatic N) is 2. The Labute approximate surface area is 102 Å². The van der Waals surface area contributed by atoms with Crippen LogP contribution in [0.4, 0.5) is 5.69 Å². The van der Waals surface area contributed by atoms with Gasteiger partial charge in [0.2, 0.25) is 0 Å². The lowest BCUT2D eigenvalue weighted by atomic mass is 10.1. The first-order valence-electron chi connectivity index (χ1n) is 5.24. The number of benzene rings is 1. The van der Waals surface area contributed by atoms with Gasteiger partial charge in [0.05, 0.1) is 4.92 Å². The molecule has 1 aromatic carbocycles. The van der Waals surface area contributed by atoms with Crippen LogP contribution in [0.3, 0.4) is 0 Å². The number of aromatic nitrogens is 1. The molecule has 6 nitrogen and oxygen atoms in total. The zero-order valence-electron chi connectivity index (χ0n) is 9.62. The number of carbonyl (C=O) groups is 1. The van der Waals surface area contributed by atoms with Crippen molar-refractivity contribution >= 4 is 22.4 Å². The molecule has 18 heavy (non-hydrogen) atoms. The lowest BCUT2D eigenvalue weighted by Gasteiger charge is -2.07. The Hall–Kier alpha value is -2.50. The normalized spacial score (nSPS) is 10.3. The van der Waals surface area contributed by atoms with Gasteiger partial charge in [-0.25, -0.2) is 4.98 Å². The highest BCUT2D eigenvalue weighted by Crippen LogP contribution is 2.31. The number of rotatable bonds is 4. The fourth-order valence-electron chi connectivity index (χ4n) is 1.58. The van der Waals surface area contributed by atoms with E-state index in [1.54, 1.807) is 12.1 Å². The van der Waals surface area contributed by atoms with Crippen LogP contribution in [-0.4, -0.2) is 22.3 Å². The Kier molecular flexibility index (Phi) is 3.18. The third-order valence-electron chi connectivity index (χ3n) is 2.34. The van der Waals surface area contributed by atoms with Crippen LogP contribution >= 0.6 is 0 Å². The second-order valence-electron chi connectivity index (χ2n) is 3.73. The second kappa shape index (κ2) is 4.79.